The number of benzene rings is 3. The van der Waals surface area contributed by atoms with Gasteiger partial charge in [-0.15, -0.1) is 0 Å². The number of esters is 1. The second kappa shape index (κ2) is 8.51. The molecule has 1 N–H and O–H groups in total. The van der Waals surface area contributed by atoms with E-state index in [9.17, 15) is 9.59 Å². The number of hydrogen-bond donors (Lipinski definition) is 1. The van der Waals surface area contributed by atoms with Gasteiger partial charge in [0, 0.05) is 30.3 Å². The third-order valence-corrected chi connectivity index (χ3v) is 5.50. The predicted molar refractivity (Wildman–Crippen MR) is 120 cm³/mol. The zero-order valence-electron chi connectivity index (χ0n) is 17.3. The van der Waals surface area contributed by atoms with Crippen LogP contribution in [0.4, 0.5) is 0 Å². The first-order valence-corrected chi connectivity index (χ1v) is 10.4. The molecule has 2 heterocycles. The molecule has 158 valence electrons. The minimum atomic E-state index is -0.846. The first kappa shape index (κ1) is 19.8. The van der Waals surface area contributed by atoms with Crippen molar-refractivity contribution in [3.8, 4) is 16.9 Å². The molecule has 0 unspecified atom stereocenters. The maximum Gasteiger partial charge on any atom is 0.339 e. The number of amides is 1. The van der Waals surface area contributed by atoms with Gasteiger partial charge in [-0.2, -0.15) is 5.10 Å². The van der Waals surface area contributed by atoms with E-state index in [-0.39, 0.29) is 12.5 Å². The molecule has 3 aromatic carbocycles. The van der Waals surface area contributed by atoms with Crippen molar-refractivity contribution in [1.29, 1.82) is 0 Å². The molecular formula is C26H21N3O3. The predicted octanol–water partition coefficient (Wildman–Crippen LogP) is 3.94. The van der Waals surface area contributed by atoms with Crippen LogP contribution in [-0.4, -0.2) is 27.8 Å². The molecule has 0 saturated heterocycles. The van der Waals surface area contributed by atoms with Gasteiger partial charge in [-0.3, -0.25) is 4.79 Å². The second-order valence-electron chi connectivity index (χ2n) is 7.62. The monoisotopic (exact) mass is 423 g/mol. The van der Waals surface area contributed by atoms with Crippen LogP contribution in [0.2, 0.25) is 0 Å². The van der Waals surface area contributed by atoms with E-state index in [0.717, 1.165) is 28.1 Å². The van der Waals surface area contributed by atoms with E-state index < -0.39 is 12.1 Å². The smallest absolute Gasteiger partial charge is 0.339 e. The summed E-state index contributed by atoms with van der Waals surface area (Å²) in [6.07, 6.45) is 1.43. The van der Waals surface area contributed by atoms with E-state index in [2.05, 4.69) is 5.32 Å². The topological polar surface area (TPSA) is 73.2 Å². The summed E-state index contributed by atoms with van der Waals surface area (Å²) in [5.74, 6) is -0.784. The van der Waals surface area contributed by atoms with Crippen LogP contribution in [0, 0.1) is 0 Å². The Kier molecular flexibility index (Phi) is 5.25. The molecule has 0 spiro atoms. The molecule has 1 aromatic heterocycles. The minimum Gasteiger partial charge on any atom is -0.448 e. The number of aromatic nitrogens is 2. The number of nitrogens with one attached hydrogen (secondary N) is 1. The normalized spacial score (nSPS) is 15.0. The molecule has 0 radical (unpaired) electrons. The second-order valence-corrected chi connectivity index (χ2v) is 7.62. The molecule has 1 aliphatic rings. The van der Waals surface area contributed by atoms with E-state index in [1.165, 1.54) is 0 Å². The lowest BCUT2D eigenvalue weighted by molar-refractivity contribution is -0.130. The molecule has 0 saturated carbocycles. The molecule has 6 heteroatoms. The molecule has 0 aliphatic carbocycles. The number of cyclic esters (lactones) is 1. The Hall–Kier alpha value is -4.19. The molecule has 6 nitrogen and oxygen atoms in total. The van der Waals surface area contributed by atoms with Crippen LogP contribution in [-0.2, 0) is 22.5 Å². The first-order chi connectivity index (χ1) is 15.7. The van der Waals surface area contributed by atoms with E-state index >= 15 is 0 Å². The van der Waals surface area contributed by atoms with Gasteiger partial charge in [0.25, 0.3) is 5.91 Å². The molecule has 4 aromatic rings. The van der Waals surface area contributed by atoms with Gasteiger partial charge in [0.05, 0.1) is 16.9 Å². The number of para-hydroxylation sites is 1. The van der Waals surface area contributed by atoms with Crippen LogP contribution in [0.5, 0.6) is 0 Å². The summed E-state index contributed by atoms with van der Waals surface area (Å²) in [4.78, 5) is 25.1. The lowest BCUT2D eigenvalue weighted by Crippen LogP contribution is -2.41. The van der Waals surface area contributed by atoms with E-state index in [1.54, 1.807) is 16.8 Å². The lowest BCUT2D eigenvalue weighted by atomic mass is 9.98. The summed E-state index contributed by atoms with van der Waals surface area (Å²) in [6, 6.07) is 26.9. The van der Waals surface area contributed by atoms with Crippen LogP contribution < -0.4 is 5.32 Å². The van der Waals surface area contributed by atoms with Crippen molar-refractivity contribution >= 4 is 11.9 Å². The summed E-state index contributed by atoms with van der Waals surface area (Å²) in [7, 11) is 0. The maximum atomic E-state index is 12.8. The number of fused-ring (bicyclic) bond motifs is 1. The Balaban J connectivity index is 1.37. The minimum absolute atomic E-state index is 0.269. The molecule has 1 atom stereocenters. The average Bonchev–Trinajstić information content (AvgIpc) is 3.28. The fourth-order valence-corrected chi connectivity index (χ4v) is 3.87. The van der Waals surface area contributed by atoms with Crippen molar-refractivity contribution in [2.45, 2.75) is 19.1 Å². The van der Waals surface area contributed by atoms with Crippen LogP contribution in [0.15, 0.2) is 91.1 Å². The van der Waals surface area contributed by atoms with Crippen molar-refractivity contribution in [2.75, 3.05) is 0 Å². The summed E-state index contributed by atoms with van der Waals surface area (Å²) < 4.78 is 7.19. The van der Waals surface area contributed by atoms with Gasteiger partial charge in [-0.25, -0.2) is 9.48 Å². The summed E-state index contributed by atoms with van der Waals surface area (Å²) in [5.41, 5.74) is 4.90. The lowest BCUT2D eigenvalue weighted by Gasteiger charge is -2.23. The zero-order chi connectivity index (χ0) is 21.9. The van der Waals surface area contributed by atoms with Crippen LogP contribution >= 0.6 is 0 Å². The van der Waals surface area contributed by atoms with Gasteiger partial charge in [0.2, 0.25) is 0 Å². The van der Waals surface area contributed by atoms with E-state index in [1.807, 2.05) is 79.0 Å². The molecular weight excluding hydrogens is 402 g/mol. The summed E-state index contributed by atoms with van der Waals surface area (Å²) >= 11 is 0. The van der Waals surface area contributed by atoms with Gasteiger partial charge in [-0.1, -0.05) is 66.7 Å². The maximum absolute atomic E-state index is 12.8. The van der Waals surface area contributed by atoms with E-state index in [4.69, 9.17) is 9.84 Å². The zero-order valence-corrected chi connectivity index (χ0v) is 17.3. The number of carbonyl (C=O) groups is 2. The fourth-order valence-electron chi connectivity index (χ4n) is 3.87. The highest BCUT2D eigenvalue weighted by Crippen LogP contribution is 2.24. The first-order valence-electron chi connectivity index (χ1n) is 10.4. The highest BCUT2D eigenvalue weighted by Gasteiger charge is 2.31. The molecule has 1 amide bonds. The van der Waals surface area contributed by atoms with Gasteiger partial charge < -0.3 is 10.1 Å². The Morgan fingerprint density at radius 3 is 2.44 bits per heavy atom. The van der Waals surface area contributed by atoms with Gasteiger partial charge in [0.1, 0.15) is 0 Å². The highest BCUT2D eigenvalue weighted by atomic mass is 16.5. The van der Waals surface area contributed by atoms with Crippen LogP contribution in [0.3, 0.4) is 0 Å². The summed E-state index contributed by atoms with van der Waals surface area (Å²) in [5, 5.41) is 7.69. The molecule has 0 fully saturated rings. The largest absolute Gasteiger partial charge is 0.448 e. The standard InChI is InChI=1S/C26H21N3O3/c30-25(23-15-19-11-7-8-14-22(19)26(31)32-23)27-16-20-17-29(21-12-5-2-6-13-21)28-24(20)18-9-3-1-4-10-18/h1-14,17,23H,15-16H2,(H,27,30)/t23-/m0/s1. The Labute approximate surface area is 185 Å². The number of carbonyl (C=O) groups excluding carboxylic acids is 2. The van der Waals surface area contributed by atoms with Gasteiger partial charge >= 0.3 is 5.97 Å². The fraction of sp³-hybridized carbons (Fsp3) is 0.115. The van der Waals surface area contributed by atoms with Crippen molar-refractivity contribution in [3.63, 3.8) is 0 Å². The number of rotatable bonds is 5. The third kappa shape index (κ3) is 3.90. The SMILES string of the molecule is O=C1O[C@H](C(=O)NCc2cn(-c3ccccc3)nc2-c2ccccc2)Cc2ccccc21. The Bertz CT molecular complexity index is 1270. The van der Waals surface area contributed by atoms with Crippen molar-refractivity contribution in [2.24, 2.45) is 0 Å². The molecule has 1 aliphatic heterocycles. The third-order valence-electron chi connectivity index (χ3n) is 5.50. The highest BCUT2D eigenvalue weighted by molar-refractivity contribution is 5.95. The summed E-state index contributed by atoms with van der Waals surface area (Å²) in [6.45, 7) is 0.269. The van der Waals surface area contributed by atoms with E-state index in [0.29, 0.717) is 12.0 Å². The van der Waals surface area contributed by atoms with Crippen molar-refractivity contribution in [3.05, 3.63) is 108 Å². The molecule has 5 rings (SSSR count). The number of hydrogen-bond acceptors (Lipinski definition) is 4. The van der Waals surface area contributed by atoms with Gasteiger partial charge in [0.15, 0.2) is 6.10 Å². The Morgan fingerprint density at radius 1 is 0.969 bits per heavy atom. The quantitative estimate of drug-likeness (QED) is 0.494. The molecule has 32 heavy (non-hydrogen) atoms. The van der Waals surface area contributed by atoms with Crippen LogP contribution in [0.1, 0.15) is 21.5 Å². The number of ether oxygens (including phenoxy) is 1. The van der Waals surface area contributed by atoms with Crippen LogP contribution in [0.25, 0.3) is 16.9 Å². The number of nitrogens with zero attached hydrogens (tertiary/aromatic N) is 2. The average molecular weight is 423 g/mol. The van der Waals surface area contributed by atoms with Crippen molar-refractivity contribution < 1.29 is 14.3 Å². The Morgan fingerprint density at radius 2 is 1.66 bits per heavy atom. The molecule has 0 bridgehead atoms. The van der Waals surface area contributed by atoms with Crippen molar-refractivity contribution in [1.82, 2.24) is 15.1 Å². The van der Waals surface area contributed by atoms with Gasteiger partial charge in [-0.05, 0) is 23.8 Å².